The summed E-state index contributed by atoms with van der Waals surface area (Å²) in [7, 11) is 0. The first-order chi connectivity index (χ1) is 9.49. The molecule has 2 aromatic rings. The van der Waals surface area contributed by atoms with Crippen molar-refractivity contribution in [3.8, 4) is 23.1 Å². The molecule has 2 rings (SSSR count). The standard InChI is InChI=1S/C12H7BrFN3O2S/c1-20-12-16-9(6(4-15)11(19)17-12)5-2-3-7(14)8(13)10(5)18/h2-3,18H,1H3,(H,16,17,19). The number of hydrogen-bond acceptors (Lipinski definition) is 5. The zero-order valence-corrected chi connectivity index (χ0v) is 12.5. The average molecular weight is 356 g/mol. The maximum absolute atomic E-state index is 13.3. The van der Waals surface area contributed by atoms with E-state index in [1.54, 1.807) is 12.3 Å². The number of H-pyrrole nitrogens is 1. The second-order valence-corrected chi connectivity index (χ2v) is 5.26. The molecule has 1 heterocycles. The lowest BCUT2D eigenvalue weighted by Gasteiger charge is -2.08. The average Bonchev–Trinajstić information content (AvgIpc) is 2.44. The second kappa shape index (κ2) is 5.64. The maximum atomic E-state index is 13.3. The SMILES string of the molecule is CSc1nc(-c2ccc(F)c(Br)c2O)c(C#N)c(=O)[nH]1. The number of nitrogens with one attached hydrogen (secondary N) is 1. The van der Waals surface area contributed by atoms with Gasteiger partial charge in [-0.2, -0.15) is 5.26 Å². The zero-order chi connectivity index (χ0) is 14.9. The highest BCUT2D eigenvalue weighted by Crippen LogP contribution is 2.37. The Hall–Kier alpha value is -1.85. The number of rotatable bonds is 2. The molecule has 0 saturated carbocycles. The number of aromatic amines is 1. The molecule has 0 bridgehead atoms. The lowest BCUT2D eigenvalue weighted by atomic mass is 10.1. The Kier molecular flexibility index (Phi) is 4.11. The van der Waals surface area contributed by atoms with Gasteiger partial charge < -0.3 is 10.1 Å². The number of phenols is 1. The van der Waals surface area contributed by atoms with Crippen LogP contribution >= 0.6 is 27.7 Å². The van der Waals surface area contributed by atoms with Crippen molar-refractivity contribution in [2.45, 2.75) is 5.16 Å². The van der Waals surface area contributed by atoms with Crippen LogP contribution in [0.15, 0.2) is 26.6 Å². The molecule has 0 radical (unpaired) electrons. The molecule has 8 heteroatoms. The molecule has 0 spiro atoms. The Morgan fingerprint density at radius 1 is 1.55 bits per heavy atom. The predicted molar refractivity (Wildman–Crippen MR) is 76.1 cm³/mol. The van der Waals surface area contributed by atoms with Gasteiger partial charge in [0.25, 0.3) is 5.56 Å². The monoisotopic (exact) mass is 355 g/mol. The van der Waals surface area contributed by atoms with Crippen LogP contribution in [0.2, 0.25) is 0 Å². The molecule has 1 aromatic heterocycles. The van der Waals surface area contributed by atoms with E-state index in [0.717, 1.165) is 6.07 Å². The Balaban J connectivity index is 2.82. The number of phenolic OH excluding ortho intramolecular Hbond substituents is 1. The number of hydrogen-bond donors (Lipinski definition) is 2. The van der Waals surface area contributed by atoms with Gasteiger partial charge in [0, 0.05) is 5.56 Å². The molecule has 2 N–H and O–H groups in total. The van der Waals surface area contributed by atoms with Gasteiger partial charge in [0.2, 0.25) is 0 Å². The Bertz CT molecular complexity index is 785. The molecule has 5 nitrogen and oxygen atoms in total. The summed E-state index contributed by atoms with van der Waals surface area (Å²) in [6, 6.07) is 4.12. The molecule has 0 aliphatic carbocycles. The molecule has 0 unspecified atom stereocenters. The van der Waals surface area contributed by atoms with Gasteiger partial charge in [0.15, 0.2) is 5.16 Å². The van der Waals surface area contributed by atoms with Crippen LogP contribution in [-0.2, 0) is 0 Å². The summed E-state index contributed by atoms with van der Waals surface area (Å²) in [5, 5.41) is 19.3. The van der Waals surface area contributed by atoms with Gasteiger partial charge >= 0.3 is 0 Å². The fraction of sp³-hybridized carbons (Fsp3) is 0.0833. The first kappa shape index (κ1) is 14.6. The third kappa shape index (κ3) is 2.42. The van der Waals surface area contributed by atoms with E-state index in [-0.39, 0.29) is 21.3 Å². The number of benzene rings is 1. The van der Waals surface area contributed by atoms with Crippen molar-refractivity contribution in [3.63, 3.8) is 0 Å². The first-order valence-corrected chi connectivity index (χ1v) is 7.27. The zero-order valence-electron chi connectivity index (χ0n) is 10.1. The van der Waals surface area contributed by atoms with E-state index in [9.17, 15) is 14.3 Å². The van der Waals surface area contributed by atoms with Gasteiger partial charge in [-0.1, -0.05) is 11.8 Å². The van der Waals surface area contributed by atoms with Crippen molar-refractivity contribution in [2.24, 2.45) is 0 Å². The van der Waals surface area contributed by atoms with Crippen LogP contribution in [0.3, 0.4) is 0 Å². The van der Waals surface area contributed by atoms with Crippen molar-refractivity contribution in [1.29, 1.82) is 5.26 Å². The number of nitriles is 1. The van der Waals surface area contributed by atoms with Crippen LogP contribution in [0.5, 0.6) is 5.75 Å². The smallest absolute Gasteiger partial charge is 0.270 e. The normalized spacial score (nSPS) is 10.3. The summed E-state index contributed by atoms with van der Waals surface area (Å²) >= 11 is 4.08. The summed E-state index contributed by atoms with van der Waals surface area (Å²) in [6.07, 6.45) is 1.70. The molecule has 0 saturated heterocycles. The second-order valence-electron chi connectivity index (χ2n) is 3.67. The predicted octanol–water partition coefficient (Wildman–Crippen LogP) is 2.64. The van der Waals surface area contributed by atoms with Gasteiger partial charge in [0.05, 0.1) is 4.47 Å². The number of halogens is 2. The molecule has 0 fully saturated rings. The van der Waals surface area contributed by atoms with Crippen LogP contribution in [0.4, 0.5) is 4.39 Å². The molecule has 0 amide bonds. The van der Waals surface area contributed by atoms with Gasteiger partial charge in [-0.15, -0.1) is 0 Å². The third-order valence-corrected chi connectivity index (χ3v) is 3.86. The first-order valence-electron chi connectivity index (χ1n) is 5.25. The highest BCUT2D eigenvalue weighted by molar-refractivity contribution is 9.10. The Labute approximate surface area is 125 Å². The van der Waals surface area contributed by atoms with E-state index >= 15 is 0 Å². The number of aromatic nitrogens is 2. The van der Waals surface area contributed by atoms with Gasteiger partial charge in [-0.05, 0) is 34.3 Å². The molecule has 0 atom stereocenters. The summed E-state index contributed by atoms with van der Waals surface area (Å²) in [5.41, 5.74) is -0.728. The molecule has 0 aliphatic rings. The third-order valence-electron chi connectivity index (χ3n) is 2.53. The van der Waals surface area contributed by atoms with E-state index in [1.807, 2.05) is 0 Å². The van der Waals surface area contributed by atoms with E-state index in [2.05, 4.69) is 25.9 Å². The minimum atomic E-state index is -0.653. The molecule has 102 valence electrons. The van der Waals surface area contributed by atoms with Crippen LogP contribution in [-0.4, -0.2) is 21.3 Å². The summed E-state index contributed by atoms with van der Waals surface area (Å²) < 4.78 is 13.2. The van der Waals surface area contributed by atoms with E-state index in [1.165, 1.54) is 17.8 Å². The molecule has 0 aliphatic heterocycles. The van der Waals surface area contributed by atoms with Crippen molar-refractivity contribution >= 4 is 27.7 Å². The van der Waals surface area contributed by atoms with E-state index in [4.69, 9.17) is 5.26 Å². The van der Waals surface area contributed by atoms with E-state index < -0.39 is 17.1 Å². The van der Waals surface area contributed by atoms with Gasteiger partial charge in [0.1, 0.15) is 28.9 Å². The van der Waals surface area contributed by atoms with Crippen LogP contribution in [0.1, 0.15) is 5.56 Å². The van der Waals surface area contributed by atoms with Gasteiger partial charge in [-0.3, -0.25) is 4.79 Å². The highest BCUT2D eigenvalue weighted by Gasteiger charge is 2.19. The quantitative estimate of drug-likeness (QED) is 0.638. The summed E-state index contributed by atoms with van der Waals surface area (Å²) in [4.78, 5) is 18.3. The van der Waals surface area contributed by atoms with Crippen molar-refractivity contribution < 1.29 is 9.50 Å². The van der Waals surface area contributed by atoms with Crippen LogP contribution in [0, 0.1) is 17.1 Å². The topological polar surface area (TPSA) is 89.8 Å². The number of nitrogens with zero attached hydrogens (tertiary/aromatic N) is 2. The number of aromatic hydroxyl groups is 1. The van der Waals surface area contributed by atoms with Crippen molar-refractivity contribution in [3.05, 3.63) is 38.3 Å². The molecular formula is C12H7BrFN3O2S. The Morgan fingerprint density at radius 3 is 2.85 bits per heavy atom. The minimum Gasteiger partial charge on any atom is -0.506 e. The highest BCUT2D eigenvalue weighted by atomic mass is 79.9. The van der Waals surface area contributed by atoms with Crippen LogP contribution in [0.25, 0.3) is 11.3 Å². The van der Waals surface area contributed by atoms with Gasteiger partial charge in [-0.25, -0.2) is 9.37 Å². The fourth-order valence-corrected chi connectivity index (χ4v) is 2.30. The maximum Gasteiger partial charge on any atom is 0.270 e. The Morgan fingerprint density at radius 2 is 2.25 bits per heavy atom. The molecule has 1 aromatic carbocycles. The van der Waals surface area contributed by atoms with Crippen molar-refractivity contribution in [2.75, 3.05) is 6.26 Å². The fourth-order valence-electron chi connectivity index (χ4n) is 1.58. The lowest BCUT2D eigenvalue weighted by molar-refractivity contribution is 0.466. The summed E-state index contributed by atoms with van der Waals surface area (Å²) in [6.45, 7) is 0. The molecular weight excluding hydrogens is 349 g/mol. The minimum absolute atomic E-state index is 0.0128. The largest absolute Gasteiger partial charge is 0.506 e. The lowest BCUT2D eigenvalue weighted by Crippen LogP contribution is -2.14. The summed E-state index contributed by atoms with van der Waals surface area (Å²) in [5.74, 6) is -1.06. The van der Waals surface area contributed by atoms with Crippen molar-refractivity contribution in [1.82, 2.24) is 9.97 Å². The van der Waals surface area contributed by atoms with Crippen LogP contribution < -0.4 is 5.56 Å². The number of thioether (sulfide) groups is 1. The van der Waals surface area contributed by atoms with E-state index in [0.29, 0.717) is 5.16 Å². The molecule has 20 heavy (non-hydrogen) atoms.